The second kappa shape index (κ2) is 9.82. The minimum absolute atomic E-state index is 0.189. The van der Waals surface area contributed by atoms with E-state index in [0.29, 0.717) is 5.65 Å². The maximum Gasteiger partial charge on any atom is 0.270 e. The molecule has 2 N–H and O–H groups in total. The van der Waals surface area contributed by atoms with Crippen LogP contribution in [0.25, 0.3) is 38.9 Å². The van der Waals surface area contributed by atoms with E-state index in [0.717, 1.165) is 65.3 Å². The number of anilines is 1. The molecule has 38 heavy (non-hydrogen) atoms. The molecule has 194 valence electrons. The Labute approximate surface area is 217 Å². The number of H-pyrrole nitrogens is 1. The molecule has 0 saturated carbocycles. The van der Waals surface area contributed by atoms with Gasteiger partial charge in [0.2, 0.25) is 0 Å². The van der Waals surface area contributed by atoms with E-state index in [4.69, 9.17) is 0 Å². The molecule has 1 amide bonds. The number of imidazole rings is 1. The lowest BCUT2D eigenvalue weighted by atomic mass is 10.0. The van der Waals surface area contributed by atoms with Crippen LogP contribution >= 0.6 is 0 Å². The molecular weight excluding hydrogens is 490 g/mol. The average molecular weight is 517 g/mol. The lowest BCUT2D eigenvalue weighted by Gasteiger charge is -2.33. The zero-order chi connectivity index (χ0) is 26.2. The van der Waals surface area contributed by atoms with Gasteiger partial charge in [0.15, 0.2) is 0 Å². The van der Waals surface area contributed by atoms with Gasteiger partial charge in [-0.25, -0.2) is 23.7 Å². The smallest absolute Gasteiger partial charge is 0.270 e. The first-order chi connectivity index (χ1) is 18.5. The van der Waals surface area contributed by atoms with Gasteiger partial charge >= 0.3 is 0 Å². The minimum atomic E-state index is -2.63. The number of nitrogens with zero attached hydrogens (tertiary/aromatic N) is 6. The van der Waals surface area contributed by atoms with Gasteiger partial charge in [-0.2, -0.15) is 0 Å². The van der Waals surface area contributed by atoms with Crippen LogP contribution in [-0.2, 0) is 0 Å². The highest BCUT2D eigenvalue weighted by Crippen LogP contribution is 2.32. The summed E-state index contributed by atoms with van der Waals surface area (Å²) < 4.78 is 26.8. The number of amides is 1. The van der Waals surface area contributed by atoms with Crippen LogP contribution in [0.3, 0.4) is 0 Å². The maximum absolute atomic E-state index is 12.6. The van der Waals surface area contributed by atoms with Crippen molar-refractivity contribution in [2.24, 2.45) is 0 Å². The van der Waals surface area contributed by atoms with Gasteiger partial charge in [-0.3, -0.25) is 9.20 Å². The van der Waals surface area contributed by atoms with Crippen molar-refractivity contribution in [1.29, 1.82) is 0 Å². The first kappa shape index (κ1) is 24.0. The molecule has 0 bridgehead atoms. The number of fused-ring (bicyclic) bond motifs is 2. The Hall–Kier alpha value is -4.38. The summed E-state index contributed by atoms with van der Waals surface area (Å²) in [6, 6.07) is 9.88. The van der Waals surface area contributed by atoms with Crippen LogP contribution in [-0.4, -0.2) is 81.3 Å². The third-order valence-electron chi connectivity index (χ3n) is 6.90. The molecule has 6 heterocycles. The number of alkyl halides is 2. The molecule has 0 aliphatic carbocycles. The van der Waals surface area contributed by atoms with Crippen molar-refractivity contribution in [1.82, 2.24) is 34.6 Å². The molecule has 1 saturated heterocycles. The Morgan fingerprint density at radius 3 is 2.68 bits per heavy atom. The van der Waals surface area contributed by atoms with Crippen LogP contribution < -0.4 is 10.2 Å². The largest absolute Gasteiger partial charge is 0.354 e. The van der Waals surface area contributed by atoms with Gasteiger partial charge < -0.3 is 20.1 Å². The van der Waals surface area contributed by atoms with Gasteiger partial charge in [0.25, 0.3) is 12.3 Å². The number of halogens is 2. The molecule has 1 fully saturated rings. The number of carbonyl (C=O) groups is 1. The molecule has 0 aromatic carbocycles. The standard InChI is InChI=1S/C27H26F2N8O/c1-35-6-8-36(9-7-35)25-11-17(4-5-30-25)19-10-20-21(13-33-26(20)32-12-19)18-2-3-24-31-14-22(37(24)16-18)27(38)34-15-23(28)29/h2-5,10-14,16,23H,6-9,15H2,1H3,(H,32,33)(H,34,38). The highest BCUT2D eigenvalue weighted by molar-refractivity contribution is 5.97. The van der Waals surface area contributed by atoms with E-state index in [9.17, 15) is 13.6 Å². The van der Waals surface area contributed by atoms with E-state index >= 15 is 0 Å². The third-order valence-corrected chi connectivity index (χ3v) is 6.90. The molecule has 0 radical (unpaired) electrons. The summed E-state index contributed by atoms with van der Waals surface area (Å²) in [5.74, 6) is 0.347. The first-order valence-electron chi connectivity index (χ1n) is 12.4. The van der Waals surface area contributed by atoms with E-state index in [1.165, 1.54) is 6.20 Å². The van der Waals surface area contributed by atoms with Crippen molar-refractivity contribution < 1.29 is 13.6 Å². The van der Waals surface area contributed by atoms with Crippen LogP contribution in [0, 0.1) is 0 Å². The second-order valence-electron chi connectivity index (χ2n) is 9.41. The van der Waals surface area contributed by atoms with Crippen molar-refractivity contribution in [3.05, 3.63) is 67.0 Å². The van der Waals surface area contributed by atoms with Crippen molar-refractivity contribution >= 4 is 28.4 Å². The molecule has 9 nitrogen and oxygen atoms in total. The van der Waals surface area contributed by atoms with Crippen LogP contribution in [0.15, 0.2) is 61.3 Å². The molecule has 5 aromatic heterocycles. The second-order valence-corrected chi connectivity index (χ2v) is 9.41. The Morgan fingerprint density at radius 2 is 1.87 bits per heavy atom. The zero-order valence-corrected chi connectivity index (χ0v) is 20.7. The number of aromatic amines is 1. The third kappa shape index (κ3) is 4.56. The van der Waals surface area contributed by atoms with Gasteiger partial charge in [0.1, 0.15) is 22.8 Å². The Morgan fingerprint density at radius 1 is 1.03 bits per heavy atom. The lowest BCUT2D eigenvalue weighted by molar-refractivity contribution is 0.0886. The number of rotatable bonds is 6. The van der Waals surface area contributed by atoms with E-state index in [1.807, 2.05) is 30.7 Å². The summed E-state index contributed by atoms with van der Waals surface area (Å²) in [5, 5.41) is 3.16. The number of carbonyl (C=O) groups excluding carboxylic acids is 1. The quantitative estimate of drug-likeness (QED) is 0.358. The number of hydrogen-bond donors (Lipinski definition) is 2. The normalized spacial score (nSPS) is 14.6. The summed E-state index contributed by atoms with van der Waals surface area (Å²) >= 11 is 0. The van der Waals surface area contributed by atoms with Gasteiger partial charge in [-0.15, -0.1) is 0 Å². The molecule has 1 aliphatic heterocycles. The summed E-state index contributed by atoms with van der Waals surface area (Å²) in [5.41, 5.74) is 5.19. The van der Waals surface area contributed by atoms with Crippen LogP contribution in [0.1, 0.15) is 10.5 Å². The number of likely N-dealkylation sites (N-methyl/N-ethyl adjacent to an activating group) is 1. The molecule has 5 aromatic rings. The number of hydrogen-bond acceptors (Lipinski definition) is 6. The first-order valence-corrected chi connectivity index (χ1v) is 12.4. The zero-order valence-electron chi connectivity index (χ0n) is 20.7. The molecule has 6 rings (SSSR count). The average Bonchev–Trinajstić information content (AvgIpc) is 3.56. The molecular formula is C27H26F2N8O. The Bertz CT molecular complexity index is 1620. The van der Waals surface area contributed by atoms with Crippen molar-refractivity contribution in [2.45, 2.75) is 6.43 Å². The maximum atomic E-state index is 12.6. The fraction of sp³-hybridized carbons (Fsp3) is 0.259. The van der Waals surface area contributed by atoms with E-state index in [1.54, 1.807) is 16.7 Å². The predicted octanol–water partition coefficient (Wildman–Crippen LogP) is 3.69. The summed E-state index contributed by atoms with van der Waals surface area (Å²) in [6.07, 6.45) is 6.09. The Kier molecular flexibility index (Phi) is 6.20. The number of aromatic nitrogens is 5. The van der Waals surface area contributed by atoms with Gasteiger partial charge in [-0.05, 0) is 42.9 Å². The van der Waals surface area contributed by atoms with Gasteiger partial charge in [0.05, 0.1) is 12.7 Å². The molecule has 0 atom stereocenters. The lowest BCUT2D eigenvalue weighted by Crippen LogP contribution is -2.44. The monoisotopic (exact) mass is 516 g/mol. The van der Waals surface area contributed by atoms with Crippen LogP contribution in [0.5, 0.6) is 0 Å². The summed E-state index contributed by atoms with van der Waals surface area (Å²) in [6.45, 7) is 3.16. The van der Waals surface area contributed by atoms with E-state index in [-0.39, 0.29) is 5.69 Å². The van der Waals surface area contributed by atoms with Crippen molar-refractivity contribution in [3.63, 3.8) is 0 Å². The topological polar surface area (TPSA) is 94.5 Å². The van der Waals surface area contributed by atoms with Crippen LogP contribution in [0.2, 0.25) is 0 Å². The molecule has 1 aliphatic rings. The highest BCUT2D eigenvalue weighted by Gasteiger charge is 2.18. The fourth-order valence-electron chi connectivity index (χ4n) is 4.77. The highest BCUT2D eigenvalue weighted by atomic mass is 19.3. The van der Waals surface area contributed by atoms with E-state index < -0.39 is 18.9 Å². The SMILES string of the molecule is CN1CCN(c2cc(-c3cnc4[nH]cc(-c5ccc6ncc(C(=O)NCC(F)F)n6c5)c4c3)ccn2)CC1. The molecule has 11 heteroatoms. The number of piperazine rings is 1. The van der Waals surface area contributed by atoms with Gasteiger partial charge in [0, 0.05) is 73.0 Å². The Balaban J connectivity index is 1.34. The minimum Gasteiger partial charge on any atom is -0.354 e. The number of pyridine rings is 3. The summed E-state index contributed by atoms with van der Waals surface area (Å²) in [4.78, 5) is 33.8. The predicted molar refractivity (Wildman–Crippen MR) is 142 cm³/mol. The van der Waals surface area contributed by atoms with Crippen molar-refractivity contribution in [3.8, 4) is 22.3 Å². The van der Waals surface area contributed by atoms with Gasteiger partial charge in [-0.1, -0.05) is 0 Å². The number of nitrogens with one attached hydrogen (secondary N) is 2. The fourth-order valence-corrected chi connectivity index (χ4v) is 4.77. The summed E-state index contributed by atoms with van der Waals surface area (Å²) in [7, 11) is 2.13. The van der Waals surface area contributed by atoms with Crippen molar-refractivity contribution in [2.75, 3.05) is 44.7 Å². The molecule has 0 spiro atoms. The molecule has 0 unspecified atom stereocenters. The van der Waals surface area contributed by atoms with Crippen LogP contribution in [0.4, 0.5) is 14.6 Å². The van der Waals surface area contributed by atoms with E-state index in [2.05, 4.69) is 54.2 Å².